The second-order valence-corrected chi connectivity index (χ2v) is 4.73. The van der Waals surface area contributed by atoms with Crippen LogP contribution in [0.3, 0.4) is 0 Å². The molecule has 2 N–H and O–H groups in total. The highest BCUT2D eigenvalue weighted by atomic mass is 16.5. The molecule has 0 spiro atoms. The van der Waals surface area contributed by atoms with E-state index in [1.165, 1.54) is 0 Å². The molecule has 0 aromatic carbocycles. The average Bonchev–Trinajstić information content (AvgIpc) is 2.40. The maximum atomic E-state index is 5.52. The Kier molecular flexibility index (Phi) is 7.93. The Hall–Kier alpha value is -1.33. The van der Waals surface area contributed by atoms with Crippen LogP contribution in [0.5, 0.6) is 0 Å². The molecule has 0 amide bonds. The summed E-state index contributed by atoms with van der Waals surface area (Å²) in [6.07, 6.45) is 4.78. The van der Waals surface area contributed by atoms with Crippen molar-refractivity contribution in [3.05, 3.63) is 18.5 Å². The molecule has 1 aromatic rings. The van der Waals surface area contributed by atoms with E-state index in [2.05, 4.69) is 33.5 Å². The van der Waals surface area contributed by atoms with Crippen molar-refractivity contribution in [3.63, 3.8) is 0 Å². The fourth-order valence-corrected chi connectivity index (χ4v) is 1.52. The van der Waals surface area contributed by atoms with Crippen LogP contribution in [-0.4, -0.2) is 56.8 Å². The van der Waals surface area contributed by atoms with Gasteiger partial charge in [0, 0.05) is 19.6 Å². The minimum Gasteiger partial charge on any atom is -0.384 e. The Morgan fingerprint density at radius 2 is 1.79 bits per heavy atom. The SMILES string of the molecule is CCCNc1cncc(NCCOCCN(C)C)c1. The van der Waals surface area contributed by atoms with Crippen LogP contribution in [0.4, 0.5) is 11.4 Å². The van der Waals surface area contributed by atoms with Crippen molar-refractivity contribution in [2.24, 2.45) is 0 Å². The highest BCUT2D eigenvalue weighted by molar-refractivity contribution is 5.53. The molecule has 0 atom stereocenters. The van der Waals surface area contributed by atoms with Gasteiger partial charge in [0.2, 0.25) is 0 Å². The normalized spacial score (nSPS) is 10.7. The Labute approximate surface area is 116 Å². The summed E-state index contributed by atoms with van der Waals surface area (Å²) >= 11 is 0. The van der Waals surface area contributed by atoms with E-state index in [0.717, 1.165) is 44.0 Å². The Morgan fingerprint density at radius 3 is 2.42 bits per heavy atom. The van der Waals surface area contributed by atoms with E-state index in [9.17, 15) is 0 Å². The van der Waals surface area contributed by atoms with E-state index < -0.39 is 0 Å². The molecule has 0 fully saturated rings. The molecule has 0 saturated heterocycles. The van der Waals surface area contributed by atoms with Gasteiger partial charge in [-0.2, -0.15) is 0 Å². The number of hydrogen-bond donors (Lipinski definition) is 2. The van der Waals surface area contributed by atoms with Gasteiger partial charge in [0.25, 0.3) is 0 Å². The van der Waals surface area contributed by atoms with Gasteiger partial charge in [-0.05, 0) is 26.6 Å². The average molecular weight is 266 g/mol. The molecule has 0 unspecified atom stereocenters. The monoisotopic (exact) mass is 266 g/mol. The summed E-state index contributed by atoms with van der Waals surface area (Å²) in [6, 6.07) is 2.07. The summed E-state index contributed by atoms with van der Waals surface area (Å²) in [4.78, 5) is 6.31. The van der Waals surface area contributed by atoms with E-state index in [1.807, 2.05) is 26.5 Å². The number of pyridine rings is 1. The number of ether oxygens (including phenoxy) is 1. The third-order valence-corrected chi connectivity index (χ3v) is 2.58. The summed E-state index contributed by atoms with van der Waals surface area (Å²) in [7, 11) is 4.09. The number of hydrogen-bond acceptors (Lipinski definition) is 5. The molecular weight excluding hydrogens is 240 g/mol. The van der Waals surface area contributed by atoms with Crippen LogP contribution < -0.4 is 10.6 Å². The zero-order valence-corrected chi connectivity index (χ0v) is 12.3. The molecule has 1 heterocycles. The predicted molar refractivity (Wildman–Crippen MR) is 80.9 cm³/mol. The summed E-state index contributed by atoms with van der Waals surface area (Å²) in [6.45, 7) is 6.35. The smallest absolute Gasteiger partial charge is 0.0639 e. The first kappa shape index (κ1) is 15.7. The van der Waals surface area contributed by atoms with Gasteiger partial charge in [-0.1, -0.05) is 6.92 Å². The second-order valence-electron chi connectivity index (χ2n) is 4.73. The van der Waals surface area contributed by atoms with Crippen molar-refractivity contribution in [3.8, 4) is 0 Å². The number of rotatable bonds is 10. The van der Waals surface area contributed by atoms with E-state index in [-0.39, 0.29) is 0 Å². The van der Waals surface area contributed by atoms with E-state index >= 15 is 0 Å². The van der Waals surface area contributed by atoms with Crippen molar-refractivity contribution in [2.45, 2.75) is 13.3 Å². The minimum atomic E-state index is 0.709. The highest BCUT2D eigenvalue weighted by Crippen LogP contribution is 2.12. The summed E-state index contributed by atoms with van der Waals surface area (Å²) in [5.74, 6) is 0. The van der Waals surface area contributed by atoms with Crippen LogP contribution in [0.15, 0.2) is 18.5 Å². The van der Waals surface area contributed by atoms with Gasteiger partial charge in [0.05, 0.1) is 37.0 Å². The molecule has 0 aliphatic carbocycles. The molecule has 1 aromatic heterocycles. The molecule has 0 aliphatic heterocycles. The van der Waals surface area contributed by atoms with E-state index in [4.69, 9.17) is 4.74 Å². The largest absolute Gasteiger partial charge is 0.384 e. The van der Waals surface area contributed by atoms with Crippen LogP contribution in [-0.2, 0) is 4.74 Å². The summed E-state index contributed by atoms with van der Waals surface area (Å²) in [5, 5.41) is 6.63. The molecule has 5 nitrogen and oxygen atoms in total. The lowest BCUT2D eigenvalue weighted by molar-refractivity contribution is 0.126. The zero-order chi connectivity index (χ0) is 13.9. The standard InChI is InChI=1S/C14H26N4O/c1-4-5-16-13-10-14(12-15-11-13)17-6-8-19-9-7-18(2)3/h10-12,16-17H,4-9H2,1-3H3. The fourth-order valence-electron chi connectivity index (χ4n) is 1.52. The third-order valence-electron chi connectivity index (χ3n) is 2.58. The number of nitrogens with one attached hydrogen (secondary N) is 2. The zero-order valence-electron chi connectivity index (χ0n) is 12.3. The molecule has 0 saturated carbocycles. The first-order valence-corrected chi connectivity index (χ1v) is 6.87. The van der Waals surface area contributed by atoms with Gasteiger partial charge < -0.3 is 20.3 Å². The summed E-state index contributed by atoms with van der Waals surface area (Å²) in [5.41, 5.74) is 2.08. The van der Waals surface area contributed by atoms with Gasteiger partial charge in [0.1, 0.15) is 0 Å². The molecule has 108 valence electrons. The molecular formula is C14H26N4O. The fraction of sp³-hybridized carbons (Fsp3) is 0.643. The number of likely N-dealkylation sites (N-methyl/N-ethyl adjacent to an activating group) is 1. The molecule has 0 bridgehead atoms. The van der Waals surface area contributed by atoms with Crippen molar-refractivity contribution >= 4 is 11.4 Å². The molecule has 0 radical (unpaired) electrons. The van der Waals surface area contributed by atoms with Crippen LogP contribution in [0.2, 0.25) is 0 Å². The van der Waals surface area contributed by atoms with Gasteiger partial charge in [-0.25, -0.2) is 0 Å². The highest BCUT2D eigenvalue weighted by Gasteiger charge is 1.96. The molecule has 1 rings (SSSR count). The number of anilines is 2. The Bertz CT molecular complexity index is 344. The first-order valence-electron chi connectivity index (χ1n) is 6.87. The van der Waals surface area contributed by atoms with Gasteiger partial charge in [-0.15, -0.1) is 0 Å². The van der Waals surface area contributed by atoms with Gasteiger partial charge >= 0.3 is 0 Å². The van der Waals surface area contributed by atoms with Crippen LogP contribution in [0.1, 0.15) is 13.3 Å². The Morgan fingerprint density at radius 1 is 1.11 bits per heavy atom. The van der Waals surface area contributed by atoms with E-state index in [1.54, 1.807) is 0 Å². The van der Waals surface area contributed by atoms with Crippen LogP contribution >= 0.6 is 0 Å². The van der Waals surface area contributed by atoms with E-state index in [0.29, 0.717) is 6.61 Å². The Balaban J connectivity index is 2.18. The predicted octanol–water partition coefficient (Wildman–Crippen LogP) is 1.89. The number of aromatic nitrogens is 1. The molecule has 19 heavy (non-hydrogen) atoms. The molecule has 0 aliphatic rings. The topological polar surface area (TPSA) is 49.4 Å². The van der Waals surface area contributed by atoms with Gasteiger partial charge in [0.15, 0.2) is 0 Å². The summed E-state index contributed by atoms with van der Waals surface area (Å²) < 4.78 is 5.52. The lowest BCUT2D eigenvalue weighted by Crippen LogP contribution is -2.20. The van der Waals surface area contributed by atoms with Crippen LogP contribution in [0, 0.1) is 0 Å². The maximum absolute atomic E-state index is 5.52. The quantitative estimate of drug-likeness (QED) is 0.633. The lowest BCUT2D eigenvalue weighted by atomic mass is 10.3. The van der Waals surface area contributed by atoms with Crippen molar-refractivity contribution in [2.75, 3.05) is 57.6 Å². The first-order chi connectivity index (χ1) is 9.22. The maximum Gasteiger partial charge on any atom is 0.0639 e. The van der Waals surface area contributed by atoms with Crippen molar-refractivity contribution in [1.29, 1.82) is 0 Å². The van der Waals surface area contributed by atoms with Crippen LogP contribution in [0.25, 0.3) is 0 Å². The number of nitrogens with zero attached hydrogens (tertiary/aromatic N) is 2. The van der Waals surface area contributed by atoms with Crippen molar-refractivity contribution < 1.29 is 4.74 Å². The third kappa shape index (κ3) is 7.64. The minimum absolute atomic E-state index is 0.709. The second kappa shape index (κ2) is 9.58. The van der Waals surface area contributed by atoms with Gasteiger partial charge in [-0.3, -0.25) is 4.98 Å². The van der Waals surface area contributed by atoms with Crippen molar-refractivity contribution in [1.82, 2.24) is 9.88 Å². The lowest BCUT2D eigenvalue weighted by Gasteiger charge is -2.11. The molecule has 5 heteroatoms.